The second-order valence-electron chi connectivity index (χ2n) is 3.52. The molecular weight excluding hydrogens is 273 g/mol. The van der Waals surface area contributed by atoms with Crippen LogP contribution in [0.5, 0.6) is 0 Å². The molecule has 0 fully saturated rings. The predicted octanol–water partition coefficient (Wildman–Crippen LogP) is 4.29. The van der Waals surface area contributed by atoms with Crippen molar-refractivity contribution in [3.05, 3.63) is 40.8 Å². The van der Waals surface area contributed by atoms with Crippen LogP contribution in [0.1, 0.15) is 5.56 Å². The van der Waals surface area contributed by atoms with Gasteiger partial charge in [-0.25, -0.2) is 8.78 Å². The Labute approximate surface area is 103 Å². The van der Waals surface area contributed by atoms with Gasteiger partial charge in [-0.3, -0.25) is 0 Å². The van der Waals surface area contributed by atoms with Gasteiger partial charge < -0.3 is 5.73 Å². The molecular formula is C11H6F5NS. The molecule has 0 aliphatic heterocycles. The molecule has 1 aromatic heterocycles. The van der Waals surface area contributed by atoms with Gasteiger partial charge in [-0.1, -0.05) is 0 Å². The molecule has 0 saturated heterocycles. The summed E-state index contributed by atoms with van der Waals surface area (Å²) in [6.07, 6.45) is -5.08. The van der Waals surface area contributed by atoms with E-state index in [9.17, 15) is 22.0 Å². The first kappa shape index (κ1) is 12.8. The molecule has 1 heterocycles. The third-order valence-electron chi connectivity index (χ3n) is 2.31. The Kier molecular flexibility index (Phi) is 3.02. The van der Waals surface area contributed by atoms with Crippen molar-refractivity contribution < 1.29 is 22.0 Å². The van der Waals surface area contributed by atoms with Gasteiger partial charge in [0, 0.05) is 10.9 Å². The Balaban J connectivity index is 2.65. The first-order valence-corrected chi connectivity index (χ1v) is 5.58. The van der Waals surface area contributed by atoms with Crippen LogP contribution in [0.3, 0.4) is 0 Å². The minimum atomic E-state index is -5.08. The van der Waals surface area contributed by atoms with Crippen LogP contribution in [0.4, 0.5) is 27.0 Å². The monoisotopic (exact) mass is 279 g/mol. The van der Waals surface area contributed by atoms with Gasteiger partial charge in [0.1, 0.15) is 17.2 Å². The fraction of sp³-hybridized carbons (Fsp3) is 0.0909. The summed E-state index contributed by atoms with van der Waals surface area (Å²) in [4.78, 5) is 0. The van der Waals surface area contributed by atoms with E-state index in [0.717, 1.165) is 17.4 Å². The van der Waals surface area contributed by atoms with Gasteiger partial charge >= 0.3 is 6.18 Å². The maximum Gasteiger partial charge on any atom is 0.422 e. The van der Waals surface area contributed by atoms with Gasteiger partial charge in [-0.05, 0) is 23.8 Å². The first-order valence-electron chi connectivity index (χ1n) is 4.70. The minimum Gasteiger partial charge on any atom is -0.391 e. The van der Waals surface area contributed by atoms with Crippen LogP contribution in [-0.2, 0) is 6.18 Å². The summed E-state index contributed by atoms with van der Waals surface area (Å²) in [6, 6.07) is 2.89. The standard InChI is InChI=1S/C11H6F5NS/c12-7-2-1-6(5-3-8(17)18-4-5)10(13)9(7)11(14,15)16/h1-4H,17H2. The molecule has 0 spiro atoms. The van der Waals surface area contributed by atoms with Crippen molar-refractivity contribution in [2.75, 3.05) is 5.73 Å². The number of nitrogens with two attached hydrogens (primary N) is 1. The number of halogens is 5. The van der Waals surface area contributed by atoms with Gasteiger partial charge in [-0.15, -0.1) is 11.3 Å². The van der Waals surface area contributed by atoms with E-state index in [2.05, 4.69) is 0 Å². The van der Waals surface area contributed by atoms with E-state index in [1.807, 2.05) is 0 Å². The van der Waals surface area contributed by atoms with E-state index < -0.39 is 23.4 Å². The van der Waals surface area contributed by atoms with Gasteiger partial charge in [0.15, 0.2) is 0 Å². The SMILES string of the molecule is Nc1cc(-c2ccc(F)c(C(F)(F)F)c2F)cs1. The zero-order valence-corrected chi connectivity index (χ0v) is 9.50. The van der Waals surface area contributed by atoms with E-state index in [0.29, 0.717) is 11.1 Å². The quantitative estimate of drug-likeness (QED) is 0.774. The fourth-order valence-corrected chi connectivity index (χ4v) is 2.18. The lowest BCUT2D eigenvalue weighted by Crippen LogP contribution is -2.12. The topological polar surface area (TPSA) is 26.0 Å². The molecule has 96 valence electrons. The Morgan fingerprint density at radius 1 is 1.11 bits per heavy atom. The molecule has 0 radical (unpaired) electrons. The third-order valence-corrected chi connectivity index (χ3v) is 3.07. The van der Waals surface area contributed by atoms with Crippen LogP contribution in [0.2, 0.25) is 0 Å². The molecule has 1 nitrogen and oxygen atoms in total. The molecule has 18 heavy (non-hydrogen) atoms. The molecule has 0 aliphatic carbocycles. The maximum atomic E-state index is 13.7. The van der Waals surface area contributed by atoms with Crippen LogP contribution < -0.4 is 5.73 Å². The molecule has 7 heteroatoms. The van der Waals surface area contributed by atoms with Crippen LogP contribution in [0, 0.1) is 11.6 Å². The molecule has 0 atom stereocenters. The van der Waals surface area contributed by atoms with E-state index in [1.54, 1.807) is 0 Å². The highest BCUT2D eigenvalue weighted by Gasteiger charge is 2.38. The highest BCUT2D eigenvalue weighted by Crippen LogP contribution is 2.38. The summed E-state index contributed by atoms with van der Waals surface area (Å²) >= 11 is 1.06. The number of hydrogen-bond acceptors (Lipinski definition) is 2. The normalized spacial score (nSPS) is 11.8. The number of alkyl halides is 3. The van der Waals surface area contributed by atoms with Crippen LogP contribution in [-0.4, -0.2) is 0 Å². The second kappa shape index (κ2) is 4.24. The van der Waals surface area contributed by atoms with Crippen molar-refractivity contribution in [1.29, 1.82) is 0 Å². The molecule has 0 amide bonds. The highest BCUT2D eigenvalue weighted by atomic mass is 32.1. The molecule has 2 rings (SSSR count). The van der Waals surface area contributed by atoms with E-state index in [4.69, 9.17) is 5.73 Å². The number of nitrogen functional groups attached to an aromatic ring is 1. The molecule has 0 saturated carbocycles. The average molecular weight is 279 g/mol. The molecule has 2 N–H and O–H groups in total. The summed E-state index contributed by atoms with van der Waals surface area (Å²) in [7, 11) is 0. The molecule has 0 bridgehead atoms. The van der Waals surface area contributed by atoms with Crippen molar-refractivity contribution in [1.82, 2.24) is 0 Å². The van der Waals surface area contributed by atoms with Gasteiger partial charge in [-0.2, -0.15) is 13.2 Å². The third kappa shape index (κ3) is 2.17. The lowest BCUT2D eigenvalue weighted by atomic mass is 10.0. The first-order chi connectivity index (χ1) is 8.30. The minimum absolute atomic E-state index is 0.195. The summed E-state index contributed by atoms with van der Waals surface area (Å²) in [6.45, 7) is 0. The summed E-state index contributed by atoms with van der Waals surface area (Å²) in [5, 5.41) is 1.74. The van der Waals surface area contributed by atoms with E-state index >= 15 is 0 Å². The summed E-state index contributed by atoms with van der Waals surface area (Å²) in [5.41, 5.74) is 3.41. The lowest BCUT2D eigenvalue weighted by molar-refractivity contribution is -0.142. The van der Waals surface area contributed by atoms with Crippen LogP contribution in [0.25, 0.3) is 11.1 Å². The van der Waals surface area contributed by atoms with E-state index in [1.165, 1.54) is 11.4 Å². The Morgan fingerprint density at radius 2 is 1.78 bits per heavy atom. The lowest BCUT2D eigenvalue weighted by Gasteiger charge is -2.11. The Hall–Kier alpha value is -1.63. The largest absolute Gasteiger partial charge is 0.422 e. The van der Waals surface area contributed by atoms with Crippen molar-refractivity contribution in [3.63, 3.8) is 0 Å². The summed E-state index contributed by atoms with van der Waals surface area (Å²) < 4.78 is 64.3. The van der Waals surface area contributed by atoms with Crippen molar-refractivity contribution in [2.45, 2.75) is 6.18 Å². The number of anilines is 1. The average Bonchev–Trinajstić information content (AvgIpc) is 2.62. The highest BCUT2D eigenvalue weighted by molar-refractivity contribution is 7.14. The Bertz CT molecular complexity index is 588. The summed E-state index contributed by atoms with van der Waals surface area (Å²) in [5.74, 6) is -3.26. The van der Waals surface area contributed by atoms with E-state index in [-0.39, 0.29) is 11.1 Å². The van der Waals surface area contributed by atoms with Crippen molar-refractivity contribution in [3.8, 4) is 11.1 Å². The molecule has 0 unspecified atom stereocenters. The Morgan fingerprint density at radius 3 is 2.28 bits per heavy atom. The fourth-order valence-electron chi connectivity index (χ4n) is 1.53. The van der Waals surface area contributed by atoms with Gasteiger partial charge in [0.05, 0.1) is 5.00 Å². The zero-order chi connectivity index (χ0) is 13.5. The smallest absolute Gasteiger partial charge is 0.391 e. The van der Waals surface area contributed by atoms with Crippen LogP contribution in [0.15, 0.2) is 23.6 Å². The van der Waals surface area contributed by atoms with Crippen molar-refractivity contribution >= 4 is 16.3 Å². The van der Waals surface area contributed by atoms with Crippen molar-refractivity contribution in [2.24, 2.45) is 0 Å². The molecule has 1 aromatic carbocycles. The maximum absolute atomic E-state index is 13.7. The molecule has 0 aliphatic rings. The zero-order valence-electron chi connectivity index (χ0n) is 8.68. The number of thiophene rings is 1. The van der Waals surface area contributed by atoms with Gasteiger partial charge in [0.25, 0.3) is 0 Å². The van der Waals surface area contributed by atoms with Gasteiger partial charge in [0.2, 0.25) is 0 Å². The van der Waals surface area contributed by atoms with Crippen LogP contribution >= 0.6 is 11.3 Å². The molecule has 2 aromatic rings. The predicted molar refractivity (Wildman–Crippen MR) is 59.1 cm³/mol. The number of rotatable bonds is 1. The number of benzene rings is 1. The number of hydrogen-bond donors (Lipinski definition) is 1. The second-order valence-corrected chi connectivity index (χ2v) is 4.46.